The molecule has 0 radical (unpaired) electrons. The van der Waals surface area contributed by atoms with Crippen molar-refractivity contribution >= 4 is 0 Å². The summed E-state index contributed by atoms with van der Waals surface area (Å²) in [6.45, 7) is 0.922. The van der Waals surface area contributed by atoms with E-state index in [0.29, 0.717) is 6.04 Å². The molecule has 1 heterocycles. The van der Waals surface area contributed by atoms with Gasteiger partial charge in [-0.15, -0.1) is 0 Å². The van der Waals surface area contributed by atoms with Gasteiger partial charge >= 0.3 is 0 Å². The van der Waals surface area contributed by atoms with Gasteiger partial charge in [-0.1, -0.05) is 60.7 Å². The number of hydroxylamine groups is 2. The van der Waals surface area contributed by atoms with Crippen LogP contribution in [0.1, 0.15) is 17.4 Å². The lowest BCUT2D eigenvalue weighted by Crippen LogP contribution is -2.50. The zero-order valence-corrected chi connectivity index (χ0v) is 11.7. The zero-order valence-electron chi connectivity index (χ0n) is 11.7. The fourth-order valence-corrected chi connectivity index (χ4v) is 2.55. The second-order valence-electron chi connectivity index (χ2n) is 5.19. The van der Waals surface area contributed by atoms with Gasteiger partial charge in [0.15, 0.2) is 6.23 Å². The van der Waals surface area contributed by atoms with E-state index in [2.05, 4.69) is 41.7 Å². The molecule has 0 spiro atoms. The van der Waals surface area contributed by atoms with Gasteiger partial charge in [0.2, 0.25) is 0 Å². The van der Waals surface area contributed by atoms with Crippen molar-refractivity contribution in [1.82, 2.24) is 10.4 Å². The SMILES string of the molecule is CN1O[C@@H](c2ccccc2)NC[C@@H]1Cc1ccccc1. The van der Waals surface area contributed by atoms with Gasteiger partial charge in [0, 0.05) is 13.6 Å². The number of nitrogens with zero attached hydrogens (tertiary/aromatic N) is 1. The summed E-state index contributed by atoms with van der Waals surface area (Å²) in [6, 6.07) is 21.2. The third-order valence-electron chi connectivity index (χ3n) is 3.74. The van der Waals surface area contributed by atoms with E-state index < -0.39 is 0 Å². The van der Waals surface area contributed by atoms with Crippen molar-refractivity contribution in [1.29, 1.82) is 0 Å². The van der Waals surface area contributed by atoms with Gasteiger partial charge in [-0.25, -0.2) is 0 Å². The van der Waals surface area contributed by atoms with Crippen LogP contribution in [0.3, 0.4) is 0 Å². The molecule has 0 unspecified atom stereocenters. The average Bonchev–Trinajstić information content (AvgIpc) is 2.51. The first kappa shape index (κ1) is 13.3. The molecule has 3 heteroatoms. The monoisotopic (exact) mass is 268 g/mol. The van der Waals surface area contributed by atoms with E-state index >= 15 is 0 Å². The van der Waals surface area contributed by atoms with E-state index in [1.807, 2.05) is 36.4 Å². The third-order valence-corrected chi connectivity index (χ3v) is 3.74. The highest BCUT2D eigenvalue weighted by molar-refractivity contribution is 5.18. The number of benzene rings is 2. The molecule has 1 N–H and O–H groups in total. The van der Waals surface area contributed by atoms with Crippen molar-refractivity contribution in [2.24, 2.45) is 0 Å². The van der Waals surface area contributed by atoms with Crippen molar-refractivity contribution in [3.8, 4) is 0 Å². The largest absolute Gasteiger partial charge is 0.285 e. The summed E-state index contributed by atoms with van der Waals surface area (Å²) in [5.74, 6) is 0. The summed E-state index contributed by atoms with van der Waals surface area (Å²) < 4.78 is 0. The fraction of sp³-hybridized carbons (Fsp3) is 0.294. The van der Waals surface area contributed by atoms with Crippen LogP contribution in [0.4, 0.5) is 0 Å². The maximum atomic E-state index is 5.98. The molecule has 3 rings (SSSR count). The Balaban J connectivity index is 1.63. The Bertz CT molecular complexity index is 529. The topological polar surface area (TPSA) is 24.5 Å². The predicted octanol–water partition coefficient (Wildman–Crippen LogP) is 2.76. The second-order valence-corrected chi connectivity index (χ2v) is 5.19. The Morgan fingerprint density at radius 2 is 1.70 bits per heavy atom. The summed E-state index contributed by atoms with van der Waals surface area (Å²) in [6.07, 6.45) is 0.944. The van der Waals surface area contributed by atoms with Gasteiger partial charge in [-0.2, -0.15) is 5.06 Å². The van der Waals surface area contributed by atoms with E-state index in [-0.39, 0.29) is 6.23 Å². The van der Waals surface area contributed by atoms with Crippen LogP contribution in [-0.4, -0.2) is 24.7 Å². The maximum Gasteiger partial charge on any atom is 0.155 e. The molecule has 0 bridgehead atoms. The van der Waals surface area contributed by atoms with Gasteiger partial charge in [0.25, 0.3) is 0 Å². The van der Waals surface area contributed by atoms with E-state index in [1.165, 1.54) is 5.56 Å². The lowest BCUT2D eigenvalue weighted by atomic mass is 10.0. The second kappa shape index (κ2) is 6.18. The molecule has 1 aliphatic heterocycles. The Hall–Kier alpha value is -1.68. The van der Waals surface area contributed by atoms with E-state index in [1.54, 1.807) is 0 Å². The lowest BCUT2D eigenvalue weighted by molar-refractivity contribution is -0.241. The number of hydrogen-bond donors (Lipinski definition) is 1. The van der Waals surface area contributed by atoms with E-state index in [4.69, 9.17) is 4.84 Å². The van der Waals surface area contributed by atoms with Gasteiger partial charge < -0.3 is 0 Å². The zero-order chi connectivity index (χ0) is 13.8. The highest BCUT2D eigenvalue weighted by Crippen LogP contribution is 2.21. The van der Waals surface area contributed by atoms with Gasteiger partial charge in [0.05, 0.1) is 6.04 Å². The molecule has 0 aromatic heterocycles. The molecule has 0 saturated carbocycles. The standard InChI is InChI=1S/C17H20N2O/c1-19-16(12-14-8-4-2-5-9-14)13-18-17(20-19)15-10-6-3-7-11-15/h2-11,16-18H,12-13H2,1H3/t16-,17-/m0/s1. The van der Waals surface area contributed by atoms with E-state index in [9.17, 15) is 0 Å². The van der Waals surface area contributed by atoms with Crippen molar-refractivity contribution in [2.45, 2.75) is 18.7 Å². The quantitative estimate of drug-likeness (QED) is 0.926. The minimum absolute atomic E-state index is 0.0479. The number of hydrogen-bond acceptors (Lipinski definition) is 3. The van der Waals surface area contributed by atoms with Gasteiger partial charge in [0.1, 0.15) is 0 Å². The van der Waals surface area contributed by atoms with Gasteiger partial charge in [-0.3, -0.25) is 10.2 Å². The van der Waals surface area contributed by atoms with Crippen LogP contribution in [0.2, 0.25) is 0 Å². The first-order valence-corrected chi connectivity index (χ1v) is 7.05. The predicted molar refractivity (Wildman–Crippen MR) is 80.0 cm³/mol. The highest BCUT2D eigenvalue weighted by atomic mass is 16.7. The van der Waals surface area contributed by atoms with Crippen LogP contribution in [-0.2, 0) is 11.3 Å². The van der Waals surface area contributed by atoms with Crippen LogP contribution in [0, 0.1) is 0 Å². The number of nitrogens with one attached hydrogen (secondary N) is 1. The fourth-order valence-electron chi connectivity index (χ4n) is 2.55. The van der Waals surface area contributed by atoms with Crippen molar-refractivity contribution < 1.29 is 4.84 Å². The molecule has 2 aromatic carbocycles. The molecular weight excluding hydrogens is 248 g/mol. The Kier molecular flexibility index (Phi) is 4.11. The highest BCUT2D eigenvalue weighted by Gasteiger charge is 2.27. The van der Waals surface area contributed by atoms with Crippen molar-refractivity contribution in [3.63, 3.8) is 0 Å². The molecule has 104 valence electrons. The van der Waals surface area contributed by atoms with Crippen LogP contribution in [0.25, 0.3) is 0 Å². The molecule has 3 nitrogen and oxygen atoms in total. The van der Waals surface area contributed by atoms with Crippen molar-refractivity contribution in [2.75, 3.05) is 13.6 Å². The first-order valence-electron chi connectivity index (χ1n) is 7.05. The number of rotatable bonds is 3. The normalized spacial score (nSPS) is 23.6. The summed E-state index contributed by atoms with van der Waals surface area (Å²) in [7, 11) is 2.02. The number of likely N-dealkylation sites (N-methyl/N-ethyl adjacent to an activating group) is 1. The lowest BCUT2D eigenvalue weighted by Gasteiger charge is -2.37. The summed E-state index contributed by atoms with van der Waals surface area (Å²) in [5, 5.41) is 5.46. The van der Waals surface area contributed by atoms with Crippen LogP contribution >= 0.6 is 0 Å². The molecule has 20 heavy (non-hydrogen) atoms. The molecule has 2 atom stereocenters. The Morgan fingerprint density at radius 1 is 1.05 bits per heavy atom. The Morgan fingerprint density at radius 3 is 2.35 bits per heavy atom. The molecule has 0 aliphatic carbocycles. The molecule has 1 fully saturated rings. The third kappa shape index (κ3) is 3.07. The van der Waals surface area contributed by atoms with Crippen molar-refractivity contribution in [3.05, 3.63) is 71.8 Å². The van der Waals surface area contributed by atoms with Crippen LogP contribution in [0.5, 0.6) is 0 Å². The minimum Gasteiger partial charge on any atom is -0.285 e. The minimum atomic E-state index is -0.0479. The molecule has 2 aromatic rings. The molecule has 1 saturated heterocycles. The summed E-state index contributed by atoms with van der Waals surface area (Å²) in [5.41, 5.74) is 2.51. The maximum absolute atomic E-state index is 5.98. The molecular formula is C17H20N2O. The van der Waals surface area contributed by atoms with E-state index in [0.717, 1.165) is 18.5 Å². The smallest absolute Gasteiger partial charge is 0.155 e. The van der Waals surface area contributed by atoms with Crippen LogP contribution < -0.4 is 5.32 Å². The average molecular weight is 268 g/mol. The van der Waals surface area contributed by atoms with Crippen LogP contribution in [0.15, 0.2) is 60.7 Å². The summed E-state index contributed by atoms with van der Waals surface area (Å²) in [4.78, 5) is 5.98. The van der Waals surface area contributed by atoms with Gasteiger partial charge in [-0.05, 0) is 17.5 Å². The Labute approximate surface area is 120 Å². The first-order chi connectivity index (χ1) is 9.83. The molecule has 0 amide bonds. The molecule has 1 aliphatic rings. The summed E-state index contributed by atoms with van der Waals surface area (Å²) >= 11 is 0.